The molecule has 0 bridgehead atoms. The van der Waals surface area contributed by atoms with E-state index in [1.165, 1.54) is 0 Å². The zero-order valence-corrected chi connectivity index (χ0v) is 9.65. The van der Waals surface area contributed by atoms with Gasteiger partial charge in [0.2, 0.25) is 5.91 Å². The normalized spacial score (nSPS) is 11.8. The molecule has 2 aromatic rings. The monoisotopic (exact) mass is 240 g/mol. The van der Waals surface area contributed by atoms with E-state index in [0.29, 0.717) is 6.42 Å². The second kappa shape index (κ2) is 5.21. The van der Waals surface area contributed by atoms with Crippen molar-refractivity contribution in [2.75, 3.05) is 0 Å². The molecular weight excluding hydrogens is 228 g/mol. The van der Waals surface area contributed by atoms with E-state index in [9.17, 15) is 4.79 Å². The van der Waals surface area contributed by atoms with Gasteiger partial charge in [-0.15, -0.1) is 0 Å². The van der Waals surface area contributed by atoms with Gasteiger partial charge in [-0.1, -0.05) is 47.6 Å². The molecule has 0 radical (unpaired) electrons. The standard InChI is InChI=1S/C13H12N4O/c14-13(18)12(16-17-15)8-9-5-6-10-3-1-2-4-11(10)7-9/h1-7,12H,8H2,(H2,14,18). The van der Waals surface area contributed by atoms with Gasteiger partial charge in [0.15, 0.2) is 0 Å². The Morgan fingerprint density at radius 3 is 2.67 bits per heavy atom. The highest BCUT2D eigenvalue weighted by molar-refractivity contribution is 5.84. The number of carbonyl (C=O) groups excluding carboxylic acids is 1. The summed E-state index contributed by atoms with van der Waals surface area (Å²) in [6.07, 6.45) is 0.324. The van der Waals surface area contributed by atoms with Gasteiger partial charge in [-0.25, -0.2) is 0 Å². The van der Waals surface area contributed by atoms with E-state index in [1.807, 2.05) is 42.5 Å². The molecule has 0 spiro atoms. The number of benzene rings is 2. The molecule has 90 valence electrons. The maximum Gasteiger partial charge on any atom is 0.226 e. The summed E-state index contributed by atoms with van der Waals surface area (Å²) in [4.78, 5) is 13.8. The Kier molecular flexibility index (Phi) is 3.46. The first-order valence-electron chi connectivity index (χ1n) is 5.52. The van der Waals surface area contributed by atoms with Gasteiger partial charge in [-0.3, -0.25) is 4.79 Å². The minimum absolute atomic E-state index is 0.324. The molecule has 5 nitrogen and oxygen atoms in total. The van der Waals surface area contributed by atoms with Crippen molar-refractivity contribution in [1.29, 1.82) is 0 Å². The molecule has 0 fully saturated rings. The summed E-state index contributed by atoms with van der Waals surface area (Å²) < 4.78 is 0. The predicted octanol–water partition coefficient (Wildman–Crippen LogP) is 2.55. The van der Waals surface area contributed by atoms with Gasteiger partial charge in [0, 0.05) is 4.91 Å². The summed E-state index contributed by atoms with van der Waals surface area (Å²) in [6.45, 7) is 0. The maximum atomic E-state index is 11.1. The van der Waals surface area contributed by atoms with Gasteiger partial charge < -0.3 is 5.73 Å². The third-order valence-corrected chi connectivity index (χ3v) is 2.76. The Bertz CT molecular complexity index is 630. The second-order valence-electron chi connectivity index (χ2n) is 4.01. The van der Waals surface area contributed by atoms with Crippen molar-refractivity contribution in [2.24, 2.45) is 10.8 Å². The molecule has 5 heteroatoms. The molecule has 0 saturated carbocycles. The zero-order chi connectivity index (χ0) is 13.0. The molecule has 1 amide bonds. The summed E-state index contributed by atoms with van der Waals surface area (Å²) >= 11 is 0. The van der Waals surface area contributed by atoms with Crippen LogP contribution in [0, 0.1) is 0 Å². The Balaban J connectivity index is 2.31. The SMILES string of the molecule is [N-]=[N+]=NC(Cc1ccc2ccccc2c1)C(N)=O. The van der Waals surface area contributed by atoms with Crippen molar-refractivity contribution in [2.45, 2.75) is 12.5 Å². The number of hydrogen-bond donors (Lipinski definition) is 1. The third kappa shape index (κ3) is 2.59. The minimum Gasteiger partial charge on any atom is -0.369 e. The lowest BCUT2D eigenvalue weighted by atomic mass is 10.0. The van der Waals surface area contributed by atoms with Crippen molar-refractivity contribution in [3.05, 3.63) is 58.5 Å². The number of nitrogens with two attached hydrogens (primary N) is 1. The van der Waals surface area contributed by atoms with E-state index >= 15 is 0 Å². The van der Waals surface area contributed by atoms with Crippen LogP contribution in [0.25, 0.3) is 21.2 Å². The average Bonchev–Trinajstić information content (AvgIpc) is 2.38. The van der Waals surface area contributed by atoms with Crippen LogP contribution >= 0.6 is 0 Å². The van der Waals surface area contributed by atoms with E-state index in [2.05, 4.69) is 10.0 Å². The van der Waals surface area contributed by atoms with E-state index in [1.54, 1.807) is 0 Å². The predicted molar refractivity (Wildman–Crippen MR) is 69.8 cm³/mol. The first kappa shape index (κ1) is 12.0. The number of hydrogen-bond acceptors (Lipinski definition) is 2. The number of carbonyl (C=O) groups is 1. The molecule has 18 heavy (non-hydrogen) atoms. The molecule has 0 heterocycles. The van der Waals surface area contributed by atoms with Crippen LogP contribution in [-0.2, 0) is 11.2 Å². The summed E-state index contributed by atoms with van der Waals surface area (Å²) in [5, 5.41) is 5.61. The van der Waals surface area contributed by atoms with Gasteiger partial charge in [0.05, 0.1) is 0 Å². The minimum atomic E-state index is -0.837. The fourth-order valence-electron chi connectivity index (χ4n) is 1.85. The molecule has 2 aromatic carbocycles. The number of nitrogens with zero attached hydrogens (tertiary/aromatic N) is 3. The second-order valence-corrected chi connectivity index (χ2v) is 4.01. The molecule has 0 aliphatic heterocycles. The van der Waals surface area contributed by atoms with E-state index < -0.39 is 11.9 Å². The summed E-state index contributed by atoms with van der Waals surface area (Å²) in [6, 6.07) is 12.9. The van der Waals surface area contributed by atoms with Crippen molar-refractivity contribution in [1.82, 2.24) is 0 Å². The smallest absolute Gasteiger partial charge is 0.226 e. The topological polar surface area (TPSA) is 91.8 Å². The highest BCUT2D eigenvalue weighted by Crippen LogP contribution is 2.17. The van der Waals surface area contributed by atoms with Gasteiger partial charge in [-0.05, 0) is 28.3 Å². The van der Waals surface area contributed by atoms with Gasteiger partial charge in [0.25, 0.3) is 0 Å². The van der Waals surface area contributed by atoms with Crippen LogP contribution in [0.1, 0.15) is 5.56 Å². The zero-order valence-electron chi connectivity index (χ0n) is 9.65. The van der Waals surface area contributed by atoms with Crippen LogP contribution in [0.2, 0.25) is 0 Å². The van der Waals surface area contributed by atoms with E-state index in [-0.39, 0.29) is 0 Å². The molecular formula is C13H12N4O. The van der Waals surface area contributed by atoms with Crippen LogP contribution in [0.4, 0.5) is 0 Å². The number of amides is 1. The Morgan fingerprint density at radius 1 is 1.28 bits per heavy atom. The summed E-state index contributed by atoms with van der Waals surface area (Å²) in [7, 11) is 0. The fraction of sp³-hybridized carbons (Fsp3) is 0.154. The molecule has 1 atom stereocenters. The van der Waals surface area contributed by atoms with Crippen LogP contribution in [0.3, 0.4) is 0 Å². The molecule has 0 aromatic heterocycles. The van der Waals surface area contributed by atoms with E-state index in [4.69, 9.17) is 11.3 Å². The number of fused-ring (bicyclic) bond motifs is 1. The lowest BCUT2D eigenvalue weighted by Gasteiger charge is -2.07. The first-order valence-corrected chi connectivity index (χ1v) is 5.52. The molecule has 0 aliphatic carbocycles. The molecule has 2 N–H and O–H groups in total. The quantitative estimate of drug-likeness (QED) is 0.496. The number of azide groups is 1. The third-order valence-electron chi connectivity index (χ3n) is 2.76. The van der Waals surface area contributed by atoms with Gasteiger partial charge >= 0.3 is 0 Å². The average molecular weight is 240 g/mol. The summed E-state index contributed by atoms with van der Waals surface area (Å²) in [5.74, 6) is -0.610. The lowest BCUT2D eigenvalue weighted by Crippen LogP contribution is -2.28. The van der Waals surface area contributed by atoms with Crippen LogP contribution in [-0.4, -0.2) is 11.9 Å². The summed E-state index contributed by atoms with van der Waals surface area (Å²) in [5.41, 5.74) is 14.5. The highest BCUT2D eigenvalue weighted by Gasteiger charge is 2.13. The Hall–Kier alpha value is -2.52. The molecule has 2 rings (SSSR count). The Labute approximate surface area is 104 Å². The van der Waals surface area contributed by atoms with Crippen molar-refractivity contribution < 1.29 is 4.79 Å². The molecule has 0 aliphatic rings. The number of rotatable bonds is 4. The molecule has 1 unspecified atom stereocenters. The largest absolute Gasteiger partial charge is 0.369 e. The lowest BCUT2D eigenvalue weighted by molar-refractivity contribution is -0.119. The van der Waals surface area contributed by atoms with E-state index in [0.717, 1.165) is 16.3 Å². The Morgan fingerprint density at radius 2 is 2.00 bits per heavy atom. The fourth-order valence-corrected chi connectivity index (χ4v) is 1.85. The van der Waals surface area contributed by atoms with Crippen LogP contribution < -0.4 is 5.73 Å². The maximum absolute atomic E-state index is 11.1. The van der Waals surface area contributed by atoms with Crippen molar-refractivity contribution in [3.63, 3.8) is 0 Å². The van der Waals surface area contributed by atoms with Crippen LogP contribution in [0.5, 0.6) is 0 Å². The highest BCUT2D eigenvalue weighted by atomic mass is 16.1. The van der Waals surface area contributed by atoms with Crippen molar-refractivity contribution in [3.8, 4) is 0 Å². The molecule has 0 saturated heterocycles. The van der Waals surface area contributed by atoms with Gasteiger partial charge in [0.1, 0.15) is 6.04 Å². The van der Waals surface area contributed by atoms with Crippen LogP contribution in [0.15, 0.2) is 47.6 Å². The first-order chi connectivity index (χ1) is 8.70. The van der Waals surface area contributed by atoms with Crippen molar-refractivity contribution >= 4 is 16.7 Å². The van der Waals surface area contributed by atoms with Gasteiger partial charge in [-0.2, -0.15) is 0 Å². The number of primary amides is 1.